The molecule has 1 fully saturated rings. The molecule has 2 aromatic heterocycles. The molecule has 9 nitrogen and oxygen atoms in total. The second-order valence-electron chi connectivity index (χ2n) is 9.24. The molecule has 2 amide bonds. The van der Waals surface area contributed by atoms with Crippen LogP contribution in [0.1, 0.15) is 11.3 Å². The van der Waals surface area contributed by atoms with Gasteiger partial charge in [0.1, 0.15) is 18.0 Å². The molecule has 5 rings (SSSR count). The molecule has 4 heterocycles. The van der Waals surface area contributed by atoms with Gasteiger partial charge in [-0.15, -0.1) is 0 Å². The smallest absolute Gasteiger partial charge is 0.329 e. The van der Waals surface area contributed by atoms with E-state index in [4.69, 9.17) is 9.47 Å². The second kappa shape index (κ2) is 10.1. The Hall–Kier alpha value is -3.51. The van der Waals surface area contributed by atoms with Gasteiger partial charge in [-0.1, -0.05) is 0 Å². The number of H-pyrrole nitrogens is 1. The molecule has 1 aromatic carbocycles. The summed E-state index contributed by atoms with van der Waals surface area (Å²) in [6.07, 6.45) is 1.55. The molecule has 0 aliphatic carbocycles. The summed E-state index contributed by atoms with van der Waals surface area (Å²) in [6, 6.07) is 2.24. The number of likely N-dealkylation sites (N-methyl/N-ethyl adjacent to an activating group) is 1. The van der Waals surface area contributed by atoms with Gasteiger partial charge in [-0.2, -0.15) is 0 Å². The fourth-order valence-corrected chi connectivity index (χ4v) is 4.98. The zero-order valence-electron chi connectivity index (χ0n) is 21.0. The van der Waals surface area contributed by atoms with E-state index in [-0.39, 0.29) is 24.6 Å². The summed E-state index contributed by atoms with van der Waals surface area (Å²) in [5.74, 6) is -2.67. The van der Waals surface area contributed by atoms with Crippen LogP contribution >= 0.6 is 0 Å². The molecule has 0 spiro atoms. The maximum Gasteiger partial charge on any atom is 0.329 e. The number of fused-ring (bicyclic) bond motifs is 3. The van der Waals surface area contributed by atoms with Crippen LogP contribution in [0.25, 0.3) is 11.0 Å². The normalized spacial score (nSPS) is 17.0. The van der Waals surface area contributed by atoms with Gasteiger partial charge < -0.3 is 19.4 Å². The van der Waals surface area contributed by atoms with E-state index in [1.807, 2.05) is 6.07 Å². The molecule has 0 unspecified atom stereocenters. The van der Waals surface area contributed by atoms with Crippen LogP contribution in [0.4, 0.5) is 29.3 Å². The molecule has 3 aromatic rings. The van der Waals surface area contributed by atoms with Gasteiger partial charge in [-0.05, 0) is 13.1 Å². The Morgan fingerprint density at radius 1 is 1.03 bits per heavy atom. The number of aromatic nitrogens is 2. The standard InChI is InChI=1S/C25H29F3N6O3/c1-31-6-8-32(9-7-31)14-16-10-17-22-15(12-29-24(17)30-16)13-34(25(35)33(22)5-4-26)23-20(27)18(36-2)11-19(37-3)21(23)28/h10-12H,4-9,13-14H2,1-3H3,(H,29,30). The van der Waals surface area contributed by atoms with Crippen LogP contribution in [0.5, 0.6) is 11.5 Å². The Kier molecular flexibility index (Phi) is 6.86. The first-order chi connectivity index (χ1) is 17.9. The van der Waals surface area contributed by atoms with E-state index in [1.54, 1.807) is 6.20 Å². The second-order valence-corrected chi connectivity index (χ2v) is 9.24. The number of halogens is 3. The van der Waals surface area contributed by atoms with Crippen molar-refractivity contribution in [1.82, 2.24) is 19.8 Å². The van der Waals surface area contributed by atoms with E-state index < -0.39 is 30.0 Å². The van der Waals surface area contributed by atoms with E-state index >= 15 is 8.78 Å². The fourth-order valence-electron chi connectivity index (χ4n) is 4.98. The van der Waals surface area contributed by atoms with Crippen molar-refractivity contribution in [1.29, 1.82) is 0 Å². The summed E-state index contributed by atoms with van der Waals surface area (Å²) in [7, 11) is 4.55. The molecular weight excluding hydrogens is 489 g/mol. The van der Waals surface area contributed by atoms with Gasteiger partial charge >= 0.3 is 6.03 Å². The zero-order chi connectivity index (χ0) is 26.3. The molecule has 37 heavy (non-hydrogen) atoms. The lowest BCUT2D eigenvalue weighted by molar-refractivity contribution is 0.147. The number of benzene rings is 1. The lowest BCUT2D eigenvalue weighted by atomic mass is 10.1. The number of alkyl halides is 1. The van der Waals surface area contributed by atoms with Crippen molar-refractivity contribution in [2.75, 3.05) is 70.5 Å². The molecule has 1 saturated heterocycles. The van der Waals surface area contributed by atoms with Gasteiger partial charge in [-0.3, -0.25) is 14.7 Å². The highest BCUT2D eigenvalue weighted by molar-refractivity contribution is 6.11. The number of nitrogens with zero attached hydrogens (tertiary/aromatic N) is 5. The van der Waals surface area contributed by atoms with Crippen LogP contribution in [0.3, 0.4) is 0 Å². The van der Waals surface area contributed by atoms with Crippen LogP contribution in [0.15, 0.2) is 18.3 Å². The molecule has 0 saturated carbocycles. The third-order valence-corrected chi connectivity index (χ3v) is 6.94. The molecule has 0 radical (unpaired) electrons. The van der Waals surface area contributed by atoms with Crippen molar-refractivity contribution in [3.05, 3.63) is 41.2 Å². The van der Waals surface area contributed by atoms with E-state index in [9.17, 15) is 9.18 Å². The zero-order valence-corrected chi connectivity index (χ0v) is 21.0. The molecular formula is C25H29F3N6O3. The van der Waals surface area contributed by atoms with E-state index in [2.05, 4.69) is 26.8 Å². The average Bonchev–Trinajstić information content (AvgIpc) is 3.30. The Morgan fingerprint density at radius 3 is 2.32 bits per heavy atom. The quantitative estimate of drug-likeness (QED) is 0.516. The Bertz CT molecular complexity index is 1300. The highest BCUT2D eigenvalue weighted by Crippen LogP contribution is 2.42. The minimum atomic E-state index is -1.05. The first kappa shape index (κ1) is 25.2. The third kappa shape index (κ3) is 4.44. The first-order valence-electron chi connectivity index (χ1n) is 12.0. The minimum absolute atomic E-state index is 0.164. The molecule has 0 atom stereocenters. The topological polar surface area (TPSA) is 77.2 Å². The number of rotatable bonds is 7. The lowest BCUT2D eigenvalue weighted by Crippen LogP contribution is -2.49. The number of pyridine rings is 1. The van der Waals surface area contributed by atoms with Crippen LogP contribution in [0.2, 0.25) is 0 Å². The van der Waals surface area contributed by atoms with Gasteiger partial charge in [0.2, 0.25) is 0 Å². The highest BCUT2D eigenvalue weighted by atomic mass is 19.1. The number of hydrogen-bond acceptors (Lipinski definition) is 6. The largest absolute Gasteiger partial charge is 0.493 e. The van der Waals surface area contributed by atoms with Crippen LogP contribution in [-0.2, 0) is 13.1 Å². The van der Waals surface area contributed by atoms with E-state index in [0.717, 1.165) is 42.8 Å². The van der Waals surface area contributed by atoms with Crippen molar-refractivity contribution >= 4 is 28.4 Å². The van der Waals surface area contributed by atoms with Crippen molar-refractivity contribution < 1.29 is 27.4 Å². The number of anilines is 2. The monoisotopic (exact) mass is 518 g/mol. The van der Waals surface area contributed by atoms with Gasteiger partial charge in [0.15, 0.2) is 23.1 Å². The molecule has 0 bridgehead atoms. The highest BCUT2D eigenvalue weighted by Gasteiger charge is 2.37. The lowest BCUT2D eigenvalue weighted by Gasteiger charge is -2.37. The summed E-state index contributed by atoms with van der Waals surface area (Å²) < 4.78 is 54.3. The van der Waals surface area contributed by atoms with Crippen molar-refractivity contribution in [2.24, 2.45) is 0 Å². The summed E-state index contributed by atoms with van der Waals surface area (Å²) in [5, 5.41) is 0.659. The van der Waals surface area contributed by atoms with Crippen molar-refractivity contribution in [2.45, 2.75) is 13.1 Å². The van der Waals surface area contributed by atoms with E-state index in [0.29, 0.717) is 28.8 Å². The number of urea groups is 1. The van der Waals surface area contributed by atoms with Crippen LogP contribution < -0.4 is 19.3 Å². The fraction of sp³-hybridized carbons (Fsp3) is 0.440. The Balaban J connectivity index is 1.56. The number of carbonyl (C=O) groups excluding carboxylic acids is 1. The molecule has 2 aliphatic heterocycles. The SMILES string of the molecule is COc1cc(OC)c(F)c(N2Cc3cnc4[nH]c(CN5CCN(C)CC5)cc4c3N(CCF)C2=O)c1F. The third-order valence-electron chi connectivity index (χ3n) is 6.94. The summed E-state index contributed by atoms with van der Waals surface area (Å²) >= 11 is 0. The van der Waals surface area contributed by atoms with Crippen molar-refractivity contribution in [3.8, 4) is 11.5 Å². The number of hydrogen-bond donors (Lipinski definition) is 1. The number of methoxy groups -OCH3 is 2. The van der Waals surface area contributed by atoms with Crippen LogP contribution in [0, 0.1) is 11.6 Å². The molecule has 1 N–H and O–H groups in total. The first-order valence-corrected chi connectivity index (χ1v) is 12.0. The molecule has 12 heteroatoms. The number of aromatic amines is 1. The number of amides is 2. The van der Waals surface area contributed by atoms with Gasteiger partial charge in [0.25, 0.3) is 0 Å². The maximum atomic E-state index is 15.3. The summed E-state index contributed by atoms with van der Waals surface area (Å²) in [5.41, 5.74) is 1.88. The number of ether oxygens (including phenoxy) is 2. The molecule has 2 aliphatic rings. The van der Waals surface area contributed by atoms with E-state index in [1.165, 1.54) is 19.1 Å². The number of carbonyl (C=O) groups is 1. The maximum absolute atomic E-state index is 15.3. The summed E-state index contributed by atoms with van der Waals surface area (Å²) in [4.78, 5) is 28.2. The predicted molar refractivity (Wildman–Crippen MR) is 133 cm³/mol. The Labute approximate surface area is 212 Å². The number of nitrogens with one attached hydrogen (secondary N) is 1. The van der Waals surface area contributed by atoms with Gasteiger partial charge in [-0.25, -0.2) is 22.9 Å². The summed E-state index contributed by atoms with van der Waals surface area (Å²) in [6.45, 7) is 3.21. The number of piperazine rings is 1. The van der Waals surface area contributed by atoms with Crippen molar-refractivity contribution in [3.63, 3.8) is 0 Å². The van der Waals surface area contributed by atoms with Gasteiger partial charge in [0, 0.05) is 61.6 Å². The predicted octanol–water partition coefficient (Wildman–Crippen LogP) is 3.52. The molecule has 198 valence electrons. The van der Waals surface area contributed by atoms with Crippen LogP contribution in [-0.4, -0.2) is 86.5 Å². The Morgan fingerprint density at radius 2 is 1.70 bits per heavy atom. The van der Waals surface area contributed by atoms with Gasteiger partial charge in [0.05, 0.1) is 33.0 Å². The minimum Gasteiger partial charge on any atom is -0.493 e. The average molecular weight is 519 g/mol.